The van der Waals surface area contributed by atoms with Crippen LogP contribution in [-0.2, 0) is 0 Å². The summed E-state index contributed by atoms with van der Waals surface area (Å²) in [7, 11) is 0. The Morgan fingerprint density at radius 3 is 2.37 bits per heavy atom. The fourth-order valence-corrected chi connectivity index (χ4v) is 4.21. The van der Waals surface area contributed by atoms with E-state index in [-0.39, 0.29) is 22.3 Å². The number of carbonyl (C=O) groups is 1. The monoisotopic (exact) mass is 483 g/mol. The van der Waals surface area contributed by atoms with Crippen LogP contribution in [0.25, 0.3) is 11.0 Å². The van der Waals surface area contributed by atoms with Gasteiger partial charge in [-0.05, 0) is 60.2 Å². The molecule has 0 bridgehead atoms. The van der Waals surface area contributed by atoms with Gasteiger partial charge in [-0.3, -0.25) is 14.5 Å². The van der Waals surface area contributed by atoms with Crippen molar-refractivity contribution < 1.29 is 13.6 Å². The Balaban J connectivity index is 1.81. The van der Waals surface area contributed by atoms with Crippen molar-refractivity contribution in [3.8, 4) is 0 Å². The van der Waals surface area contributed by atoms with Crippen LogP contribution in [-0.4, -0.2) is 5.91 Å². The van der Waals surface area contributed by atoms with E-state index in [0.717, 1.165) is 4.47 Å². The fourth-order valence-electron chi connectivity index (χ4n) is 3.77. The standard InChI is InChI=1S/C23H12BrClFNO3/c24-13-3-8-16(9-4-13)27-20(12-1-6-15(26)7-2-12)19-21(28)17-11-14(25)5-10-18(17)30-22(19)23(27)29/h1-11,20H. The summed E-state index contributed by atoms with van der Waals surface area (Å²) in [5.74, 6) is -0.863. The molecule has 1 unspecified atom stereocenters. The third kappa shape index (κ3) is 2.95. The highest BCUT2D eigenvalue weighted by Gasteiger charge is 2.43. The van der Waals surface area contributed by atoms with E-state index in [4.69, 9.17) is 16.0 Å². The molecule has 1 amide bonds. The Hall–Kier alpha value is -2.96. The predicted molar refractivity (Wildman–Crippen MR) is 117 cm³/mol. The second kappa shape index (κ2) is 7.07. The van der Waals surface area contributed by atoms with Crippen molar-refractivity contribution in [1.29, 1.82) is 0 Å². The number of benzene rings is 3. The van der Waals surface area contributed by atoms with Crippen LogP contribution >= 0.6 is 27.5 Å². The first kappa shape index (κ1) is 19.0. The predicted octanol–water partition coefficient (Wildman–Crippen LogP) is 6.10. The number of hydrogen-bond acceptors (Lipinski definition) is 3. The van der Waals surface area contributed by atoms with Crippen LogP contribution in [0.15, 0.2) is 80.4 Å². The van der Waals surface area contributed by atoms with Gasteiger partial charge in [0.05, 0.1) is 17.0 Å². The molecule has 4 nitrogen and oxygen atoms in total. The Morgan fingerprint density at radius 1 is 0.967 bits per heavy atom. The minimum atomic E-state index is -0.756. The number of halogens is 3. The van der Waals surface area contributed by atoms with Gasteiger partial charge in [0.25, 0.3) is 5.91 Å². The first-order valence-corrected chi connectivity index (χ1v) is 10.2. The molecule has 0 radical (unpaired) electrons. The molecular weight excluding hydrogens is 473 g/mol. The van der Waals surface area contributed by atoms with Gasteiger partial charge in [-0.1, -0.05) is 39.7 Å². The summed E-state index contributed by atoms with van der Waals surface area (Å²) in [6.07, 6.45) is 0. The van der Waals surface area contributed by atoms with Crippen LogP contribution in [0.1, 0.15) is 27.7 Å². The van der Waals surface area contributed by atoms with Crippen molar-refractivity contribution in [3.05, 3.63) is 109 Å². The van der Waals surface area contributed by atoms with Gasteiger partial charge in [0, 0.05) is 15.2 Å². The lowest BCUT2D eigenvalue weighted by molar-refractivity contribution is 0.0971. The third-order valence-electron chi connectivity index (χ3n) is 5.12. The summed E-state index contributed by atoms with van der Waals surface area (Å²) < 4.78 is 20.3. The molecule has 5 rings (SSSR count). The number of rotatable bonds is 2. The Kier molecular flexibility index (Phi) is 4.49. The topological polar surface area (TPSA) is 50.5 Å². The zero-order chi connectivity index (χ0) is 21.0. The molecule has 30 heavy (non-hydrogen) atoms. The molecule has 1 aromatic heterocycles. The van der Waals surface area contributed by atoms with E-state index in [2.05, 4.69) is 15.9 Å². The highest BCUT2D eigenvalue weighted by molar-refractivity contribution is 9.10. The first-order chi connectivity index (χ1) is 14.4. The average molecular weight is 485 g/mol. The molecule has 2 heterocycles. The number of anilines is 1. The van der Waals surface area contributed by atoms with Crippen molar-refractivity contribution in [2.75, 3.05) is 4.90 Å². The molecule has 0 fully saturated rings. The zero-order valence-electron chi connectivity index (χ0n) is 15.2. The van der Waals surface area contributed by atoms with Crippen molar-refractivity contribution in [2.24, 2.45) is 0 Å². The molecule has 1 aliphatic heterocycles. The number of carbonyl (C=O) groups excluding carboxylic acids is 1. The number of amides is 1. The van der Waals surface area contributed by atoms with E-state index >= 15 is 0 Å². The van der Waals surface area contributed by atoms with Crippen LogP contribution in [0.2, 0.25) is 5.02 Å². The van der Waals surface area contributed by atoms with Crippen molar-refractivity contribution in [2.45, 2.75) is 6.04 Å². The summed E-state index contributed by atoms with van der Waals surface area (Å²) in [5.41, 5.74) is 1.35. The van der Waals surface area contributed by atoms with Gasteiger partial charge in [0.2, 0.25) is 5.76 Å². The summed E-state index contributed by atoms with van der Waals surface area (Å²) in [6, 6.07) is 16.8. The molecule has 148 valence electrons. The number of fused-ring (bicyclic) bond motifs is 2. The first-order valence-electron chi connectivity index (χ1n) is 9.05. The minimum absolute atomic E-state index is 0.0212. The molecule has 0 spiro atoms. The van der Waals surface area contributed by atoms with E-state index in [1.54, 1.807) is 48.5 Å². The van der Waals surface area contributed by atoms with Gasteiger partial charge >= 0.3 is 0 Å². The summed E-state index contributed by atoms with van der Waals surface area (Å²) in [4.78, 5) is 28.3. The maximum atomic E-state index is 13.6. The van der Waals surface area contributed by atoms with Crippen LogP contribution in [0, 0.1) is 5.82 Å². The molecule has 0 aliphatic carbocycles. The SMILES string of the molecule is O=C1c2oc3ccc(Cl)cc3c(=O)c2C(c2ccc(F)cc2)N1c1ccc(Br)cc1. The Morgan fingerprint density at radius 2 is 1.67 bits per heavy atom. The molecule has 1 aliphatic rings. The Labute approximate surface area is 183 Å². The van der Waals surface area contributed by atoms with E-state index in [9.17, 15) is 14.0 Å². The van der Waals surface area contributed by atoms with E-state index in [1.807, 2.05) is 0 Å². The average Bonchev–Trinajstić information content (AvgIpc) is 3.03. The van der Waals surface area contributed by atoms with E-state index in [0.29, 0.717) is 21.7 Å². The smallest absolute Gasteiger partial charge is 0.295 e. The van der Waals surface area contributed by atoms with Gasteiger partial charge in [0.15, 0.2) is 5.43 Å². The quantitative estimate of drug-likeness (QED) is 0.345. The summed E-state index contributed by atoms with van der Waals surface area (Å²) in [5, 5.41) is 0.681. The molecule has 0 saturated carbocycles. The van der Waals surface area contributed by atoms with Crippen molar-refractivity contribution >= 4 is 50.1 Å². The zero-order valence-corrected chi connectivity index (χ0v) is 17.6. The normalized spacial score (nSPS) is 15.6. The second-order valence-electron chi connectivity index (χ2n) is 6.92. The lowest BCUT2D eigenvalue weighted by Gasteiger charge is -2.25. The van der Waals surface area contributed by atoms with Crippen molar-refractivity contribution in [3.63, 3.8) is 0 Å². The lowest BCUT2D eigenvalue weighted by Crippen LogP contribution is -2.29. The van der Waals surface area contributed by atoms with Gasteiger partial charge in [0.1, 0.15) is 11.4 Å². The minimum Gasteiger partial charge on any atom is -0.450 e. The maximum absolute atomic E-state index is 13.6. The molecular formula is C23H12BrClFNO3. The Bertz CT molecular complexity index is 1370. The summed E-state index contributed by atoms with van der Waals surface area (Å²) >= 11 is 9.46. The highest BCUT2D eigenvalue weighted by atomic mass is 79.9. The molecule has 0 N–H and O–H groups in total. The van der Waals surface area contributed by atoms with Gasteiger partial charge in [-0.15, -0.1) is 0 Å². The van der Waals surface area contributed by atoms with Gasteiger partial charge in [-0.2, -0.15) is 0 Å². The molecule has 1 atom stereocenters. The number of hydrogen-bond donors (Lipinski definition) is 0. The molecule has 0 saturated heterocycles. The molecule has 7 heteroatoms. The van der Waals surface area contributed by atoms with Crippen LogP contribution in [0.4, 0.5) is 10.1 Å². The molecule has 4 aromatic rings. The fraction of sp³-hybridized carbons (Fsp3) is 0.0435. The highest BCUT2D eigenvalue weighted by Crippen LogP contribution is 2.41. The molecule has 3 aromatic carbocycles. The largest absolute Gasteiger partial charge is 0.450 e. The van der Waals surface area contributed by atoms with Crippen LogP contribution in [0.5, 0.6) is 0 Å². The van der Waals surface area contributed by atoms with Gasteiger partial charge in [-0.25, -0.2) is 4.39 Å². The third-order valence-corrected chi connectivity index (χ3v) is 5.89. The van der Waals surface area contributed by atoms with Gasteiger partial charge < -0.3 is 4.42 Å². The van der Waals surface area contributed by atoms with E-state index < -0.39 is 17.8 Å². The van der Waals surface area contributed by atoms with Crippen molar-refractivity contribution in [1.82, 2.24) is 0 Å². The van der Waals surface area contributed by atoms with E-state index in [1.165, 1.54) is 23.1 Å². The van der Waals surface area contributed by atoms with Crippen LogP contribution < -0.4 is 10.3 Å². The second-order valence-corrected chi connectivity index (χ2v) is 8.27. The number of nitrogens with zero attached hydrogens (tertiary/aromatic N) is 1. The van der Waals surface area contributed by atoms with Crippen LogP contribution in [0.3, 0.4) is 0 Å². The summed E-state index contributed by atoms with van der Waals surface area (Å²) in [6.45, 7) is 0. The lowest BCUT2D eigenvalue weighted by atomic mass is 9.98. The maximum Gasteiger partial charge on any atom is 0.295 e.